The van der Waals surface area contributed by atoms with Crippen LogP contribution in [0.15, 0.2) is 30.6 Å². The van der Waals surface area contributed by atoms with Gasteiger partial charge in [0, 0.05) is 25.8 Å². The minimum Gasteiger partial charge on any atom is -0.329 e. The van der Waals surface area contributed by atoms with Crippen molar-refractivity contribution in [1.82, 2.24) is 9.97 Å². The minimum atomic E-state index is 0.578. The summed E-state index contributed by atoms with van der Waals surface area (Å²) in [6, 6.07) is 8.07. The topological polar surface area (TPSA) is 56.0 Å². The van der Waals surface area contributed by atoms with Crippen LogP contribution in [-0.2, 0) is 0 Å². The molecule has 0 amide bonds. The Morgan fingerprint density at radius 2 is 1.75 bits per heavy atom. The van der Waals surface area contributed by atoms with Crippen LogP contribution in [0.4, 0.5) is 17.3 Å². The summed E-state index contributed by atoms with van der Waals surface area (Å²) in [7, 11) is 3.62. The van der Waals surface area contributed by atoms with E-state index >= 15 is 0 Å². The van der Waals surface area contributed by atoms with Crippen molar-refractivity contribution >= 4 is 17.3 Å². The van der Waals surface area contributed by atoms with Gasteiger partial charge in [-0.1, -0.05) is 17.7 Å². The monoisotopic (exact) mass is 267 g/mol. The Morgan fingerprint density at radius 1 is 1.05 bits per heavy atom. The molecular formula is C15H17N5. The molecule has 1 heterocycles. The molecule has 0 fully saturated rings. The number of benzene rings is 1. The van der Waals surface area contributed by atoms with Crippen LogP contribution < -0.4 is 9.80 Å². The van der Waals surface area contributed by atoms with E-state index in [1.54, 1.807) is 13.1 Å². The normalized spacial score (nSPS) is 9.95. The van der Waals surface area contributed by atoms with Crippen LogP contribution in [0.3, 0.4) is 0 Å². The minimum absolute atomic E-state index is 0.578. The third kappa shape index (κ3) is 2.69. The highest BCUT2D eigenvalue weighted by molar-refractivity contribution is 5.65. The van der Waals surface area contributed by atoms with Crippen molar-refractivity contribution in [2.24, 2.45) is 0 Å². The Labute approximate surface area is 119 Å². The number of aryl methyl sites for hydroxylation is 2. The predicted octanol–water partition coefficient (Wildman–Crippen LogP) is 2.78. The maximum atomic E-state index is 8.91. The first kappa shape index (κ1) is 13.8. The average Bonchev–Trinajstić information content (AvgIpc) is 2.46. The zero-order valence-electron chi connectivity index (χ0n) is 12.1. The molecule has 0 saturated carbocycles. The highest BCUT2D eigenvalue weighted by Crippen LogP contribution is 2.27. The van der Waals surface area contributed by atoms with Gasteiger partial charge in [0.2, 0.25) is 0 Å². The van der Waals surface area contributed by atoms with Crippen molar-refractivity contribution in [3.8, 4) is 6.19 Å². The summed E-state index contributed by atoms with van der Waals surface area (Å²) in [6.45, 7) is 4.14. The Hall–Kier alpha value is -2.61. The SMILES string of the molecule is Cc1ccc(N(C)c2cc(N(C)C#N)ncn2)c(C)c1. The van der Waals surface area contributed by atoms with Crippen molar-refractivity contribution in [1.29, 1.82) is 5.26 Å². The van der Waals surface area contributed by atoms with E-state index in [9.17, 15) is 0 Å². The molecule has 1 aromatic heterocycles. The molecule has 0 saturated heterocycles. The molecular weight excluding hydrogens is 250 g/mol. The van der Waals surface area contributed by atoms with Crippen molar-refractivity contribution in [2.45, 2.75) is 13.8 Å². The molecule has 0 unspecified atom stereocenters. The molecule has 20 heavy (non-hydrogen) atoms. The summed E-state index contributed by atoms with van der Waals surface area (Å²) in [5.74, 6) is 1.33. The van der Waals surface area contributed by atoms with Gasteiger partial charge in [-0.15, -0.1) is 0 Å². The summed E-state index contributed by atoms with van der Waals surface area (Å²) in [6.07, 6.45) is 3.50. The molecule has 0 bridgehead atoms. The second kappa shape index (κ2) is 5.57. The van der Waals surface area contributed by atoms with E-state index in [-0.39, 0.29) is 0 Å². The highest BCUT2D eigenvalue weighted by atomic mass is 15.2. The Morgan fingerprint density at radius 3 is 2.40 bits per heavy atom. The molecule has 0 aliphatic heterocycles. The van der Waals surface area contributed by atoms with E-state index in [1.807, 2.05) is 18.1 Å². The number of anilines is 3. The van der Waals surface area contributed by atoms with Gasteiger partial charge in [-0.05, 0) is 25.5 Å². The van der Waals surface area contributed by atoms with Gasteiger partial charge < -0.3 is 4.90 Å². The van der Waals surface area contributed by atoms with Gasteiger partial charge in [-0.3, -0.25) is 4.90 Å². The Kier molecular flexibility index (Phi) is 3.85. The first-order valence-corrected chi connectivity index (χ1v) is 6.29. The van der Waals surface area contributed by atoms with Gasteiger partial charge >= 0.3 is 0 Å². The summed E-state index contributed by atoms with van der Waals surface area (Å²) < 4.78 is 0. The van der Waals surface area contributed by atoms with Crippen LogP contribution in [0.5, 0.6) is 0 Å². The lowest BCUT2D eigenvalue weighted by atomic mass is 10.1. The van der Waals surface area contributed by atoms with E-state index in [0.29, 0.717) is 5.82 Å². The molecule has 2 rings (SSSR count). The van der Waals surface area contributed by atoms with Gasteiger partial charge in [0.15, 0.2) is 6.19 Å². The predicted molar refractivity (Wildman–Crippen MR) is 80.0 cm³/mol. The lowest BCUT2D eigenvalue weighted by Gasteiger charge is -2.21. The average molecular weight is 267 g/mol. The van der Waals surface area contributed by atoms with Crippen LogP contribution in [0.1, 0.15) is 11.1 Å². The maximum Gasteiger partial charge on any atom is 0.185 e. The number of nitriles is 1. The van der Waals surface area contributed by atoms with Gasteiger partial charge in [-0.25, -0.2) is 9.97 Å². The smallest absolute Gasteiger partial charge is 0.185 e. The first-order valence-electron chi connectivity index (χ1n) is 6.29. The van der Waals surface area contributed by atoms with Crippen LogP contribution in [0.2, 0.25) is 0 Å². The molecule has 1 aromatic carbocycles. The number of aromatic nitrogens is 2. The van der Waals surface area contributed by atoms with Crippen molar-refractivity contribution in [3.05, 3.63) is 41.7 Å². The summed E-state index contributed by atoms with van der Waals surface area (Å²) >= 11 is 0. The van der Waals surface area contributed by atoms with Crippen LogP contribution in [0.25, 0.3) is 0 Å². The highest BCUT2D eigenvalue weighted by Gasteiger charge is 2.10. The molecule has 0 N–H and O–H groups in total. The number of hydrogen-bond donors (Lipinski definition) is 0. The molecule has 5 nitrogen and oxygen atoms in total. The standard InChI is InChI=1S/C15H17N5/c1-11-5-6-13(12(2)7-11)20(4)15-8-14(17-10-18-15)19(3)9-16/h5-8,10H,1-4H3. The second-order valence-electron chi connectivity index (χ2n) is 4.74. The quantitative estimate of drug-likeness (QED) is 0.632. The van der Waals surface area contributed by atoms with Gasteiger partial charge in [0.25, 0.3) is 0 Å². The Balaban J connectivity index is 2.38. The lowest BCUT2D eigenvalue weighted by molar-refractivity contribution is 1.04. The molecule has 0 aliphatic carbocycles. The van der Waals surface area contributed by atoms with E-state index < -0.39 is 0 Å². The molecule has 102 valence electrons. The summed E-state index contributed by atoms with van der Waals surface area (Å²) in [5.41, 5.74) is 3.49. The van der Waals surface area contributed by atoms with E-state index in [4.69, 9.17) is 5.26 Å². The van der Waals surface area contributed by atoms with Gasteiger partial charge in [-0.2, -0.15) is 5.26 Å². The molecule has 0 spiro atoms. The molecule has 0 radical (unpaired) electrons. The molecule has 2 aromatic rings. The molecule has 0 atom stereocenters. The summed E-state index contributed by atoms with van der Waals surface area (Å²) in [4.78, 5) is 11.8. The van der Waals surface area contributed by atoms with E-state index in [1.165, 1.54) is 22.4 Å². The third-order valence-electron chi connectivity index (χ3n) is 3.19. The Bertz CT molecular complexity index is 660. The zero-order valence-corrected chi connectivity index (χ0v) is 12.1. The fourth-order valence-electron chi connectivity index (χ4n) is 2.06. The van der Waals surface area contributed by atoms with Crippen LogP contribution in [-0.4, -0.2) is 24.1 Å². The maximum absolute atomic E-state index is 8.91. The molecule has 0 aliphatic rings. The number of hydrogen-bond acceptors (Lipinski definition) is 5. The molecule has 5 heteroatoms. The van der Waals surface area contributed by atoms with E-state index in [2.05, 4.69) is 42.0 Å². The largest absolute Gasteiger partial charge is 0.329 e. The fourth-order valence-corrected chi connectivity index (χ4v) is 2.06. The fraction of sp³-hybridized carbons (Fsp3) is 0.267. The van der Waals surface area contributed by atoms with Crippen LogP contribution >= 0.6 is 0 Å². The second-order valence-corrected chi connectivity index (χ2v) is 4.74. The third-order valence-corrected chi connectivity index (χ3v) is 3.19. The van der Waals surface area contributed by atoms with Crippen molar-refractivity contribution in [3.63, 3.8) is 0 Å². The zero-order chi connectivity index (χ0) is 14.7. The van der Waals surface area contributed by atoms with E-state index in [0.717, 1.165) is 11.5 Å². The van der Waals surface area contributed by atoms with Crippen molar-refractivity contribution in [2.75, 3.05) is 23.9 Å². The lowest BCUT2D eigenvalue weighted by Crippen LogP contribution is -2.15. The van der Waals surface area contributed by atoms with Crippen LogP contribution in [0, 0.1) is 25.3 Å². The number of rotatable bonds is 3. The summed E-state index contributed by atoms with van der Waals surface area (Å²) in [5, 5.41) is 8.91. The number of nitrogens with zero attached hydrogens (tertiary/aromatic N) is 5. The van der Waals surface area contributed by atoms with Gasteiger partial charge in [0.1, 0.15) is 18.0 Å². The van der Waals surface area contributed by atoms with Gasteiger partial charge in [0.05, 0.1) is 0 Å². The first-order chi connectivity index (χ1) is 9.52. The van der Waals surface area contributed by atoms with Crippen molar-refractivity contribution < 1.29 is 0 Å².